The molecule has 0 bridgehead atoms. The van der Waals surface area contributed by atoms with Gasteiger partial charge in [0.05, 0.1) is 33.8 Å². The number of rotatable bonds is 12. The number of hydrogen-bond donors (Lipinski definition) is 2. The Morgan fingerprint density at radius 3 is 2.33 bits per heavy atom. The van der Waals surface area contributed by atoms with Gasteiger partial charge in [-0.1, -0.05) is 23.7 Å². The van der Waals surface area contributed by atoms with Crippen molar-refractivity contribution in [3.8, 4) is 5.75 Å². The van der Waals surface area contributed by atoms with Gasteiger partial charge in [0.15, 0.2) is 15.7 Å². The number of piperidine rings is 1. The number of carbonyl (C=O) groups excluding carboxylic acids is 1. The minimum Gasteiger partial charge on any atom is -0.489 e. The normalized spacial score (nSPS) is 18.1. The van der Waals surface area contributed by atoms with E-state index in [1.165, 1.54) is 17.3 Å². The molecule has 0 spiro atoms. The van der Waals surface area contributed by atoms with Crippen LogP contribution in [0.5, 0.6) is 5.75 Å². The summed E-state index contributed by atoms with van der Waals surface area (Å²) in [5.74, 6) is 2.27. The van der Waals surface area contributed by atoms with Crippen LogP contribution in [-0.2, 0) is 14.6 Å². The number of para-hydroxylation sites is 1. The van der Waals surface area contributed by atoms with Crippen molar-refractivity contribution in [3.05, 3.63) is 58.7 Å². The van der Waals surface area contributed by atoms with E-state index in [0.29, 0.717) is 29.5 Å². The van der Waals surface area contributed by atoms with Crippen LogP contribution in [0.15, 0.2) is 47.5 Å². The van der Waals surface area contributed by atoms with Crippen LogP contribution in [0.2, 0.25) is 5.02 Å². The van der Waals surface area contributed by atoms with Crippen LogP contribution in [-0.4, -0.2) is 108 Å². The molecule has 1 aromatic heterocycles. The highest BCUT2D eigenvalue weighted by Gasteiger charge is 2.39. The number of benzene rings is 2. The van der Waals surface area contributed by atoms with E-state index >= 15 is 0 Å². The van der Waals surface area contributed by atoms with Crippen LogP contribution in [0, 0.1) is 12.8 Å². The van der Waals surface area contributed by atoms with Gasteiger partial charge >= 0.3 is 6.09 Å². The third-order valence-corrected chi connectivity index (χ3v) is 12.8. The Morgan fingerprint density at radius 2 is 1.69 bits per heavy atom. The fourth-order valence-corrected chi connectivity index (χ4v) is 8.79. The number of amides is 1. The van der Waals surface area contributed by atoms with Crippen molar-refractivity contribution in [1.29, 1.82) is 0 Å². The smallest absolute Gasteiger partial charge is 0.410 e. The molecule has 0 atom stereocenters. The number of nitrogens with zero attached hydrogens (tertiary/aromatic N) is 5. The molecule has 0 radical (unpaired) electrons. The predicted molar refractivity (Wildman–Crippen MR) is 214 cm³/mol. The second kappa shape index (κ2) is 16.2. The molecule has 3 fully saturated rings. The van der Waals surface area contributed by atoms with E-state index in [0.717, 1.165) is 70.1 Å². The van der Waals surface area contributed by atoms with Gasteiger partial charge in [-0.3, -0.25) is 9.80 Å². The van der Waals surface area contributed by atoms with Crippen molar-refractivity contribution in [1.82, 2.24) is 24.7 Å². The van der Waals surface area contributed by atoms with Gasteiger partial charge in [0.1, 0.15) is 16.4 Å². The van der Waals surface area contributed by atoms with E-state index < -0.39 is 20.7 Å². The Morgan fingerprint density at radius 1 is 1.00 bits per heavy atom. The first-order valence-electron chi connectivity index (χ1n) is 19.1. The lowest BCUT2D eigenvalue weighted by Crippen LogP contribution is -2.63. The zero-order valence-corrected chi connectivity index (χ0v) is 34.4. The minimum absolute atomic E-state index is 0.0485. The van der Waals surface area contributed by atoms with Crippen molar-refractivity contribution >= 4 is 50.7 Å². The van der Waals surface area contributed by atoms with Gasteiger partial charge in [-0.05, 0) is 123 Å². The summed E-state index contributed by atoms with van der Waals surface area (Å²) >= 11 is 6.51. The monoisotopic (exact) mass is 781 g/mol. The molecule has 2 N–H and O–H groups in total. The summed E-state index contributed by atoms with van der Waals surface area (Å²) in [7, 11) is -3.55. The van der Waals surface area contributed by atoms with Crippen molar-refractivity contribution in [2.75, 3.05) is 56.4 Å². The maximum absolute atomic E-state index is 13.1. The lowest BCUT2D eigenvalue weighted by molar-refractivity contribution is -0.0272. The molecule has 3 aliphatic rings. The number of hydrogen-bond acceptors (Lipinski definition) is 11. The predicted octanol–water partition coefficient (Wildman–Crippen LogP) is 7.63. The van der Waals surface area contributed by atoms with Gasteiger partial charge in [-0.2, -0.15) is 4.98 Å². The summed E-state index contributed by atoms with van der Waals surface area (Å²) in [5.41, 5.74) is 3.15. The third-order valence-electron chi connectivity index (χ3n) is 10.3. The van der Waals surface area contributed by atoms with Crippen LogP contribution >= 0.6 is 11.6 Å². The second-order valence-corrected chi connectivity index (χ2v) is 19.4. The highest BCUT2D eigenvalue weighted by atomic mass is 35.5. The molecule has 14 heteroatoms. The minimum atomic E-state index is -3.55. The van der Waals surface area contributed by atoms with E-state index in [4.69, 9.17) is 21.1 Å². The molecule has 6 rings (SSSR count). The van der Waals surface area contributed by atoms with Gasteiger partial charge in [-0.15, -0.1) is 0 Å². The first kappa shape index (κ1) is 40.0. The molecule has 3 saturated heterocycles. The molecule has 0 saturated carbocycles. The number of anilines is 4. The molecule has 4 heterocycles. The first-order valence-corrected chi connectivity index (χ1v) is 21.0. The van der Waals surface area contributed by atoms with Gasteiger partial charge < -0.3 is 25.0 Å². The van der Waals surface area contributed by atoms with Crippen molar-refractivity contribution in [3.63, 3.8) is 0 Å². The van der Waals surface area contributed by atoms with Gasteiger partial charge in [0, 0.05) is 44.7 Å². The van der Waals surface area contributed by atoms with E-state index in [-0.39, 0.29) is 27.9 Å². The van der Waals surface area contributed by atoms with Crippen LogP contribution < -0.4 is 15.4 Å². The molecule has 0 aliphatic carbocycles. The molecule has 1 amide bonds. The maximum Gasteiger partial charge on any atom is 0.410 e. The van der Waals surface area contributed by atoms with E-state index in [1.807, 2.05) is 39.5 Å². The Balaban J connectivity index is 1.06. The number of ether oxygens (including phenoxy) is 2. The lowest BCUT2D eigenvalue weighted by Gasteiger charge is -2.50. The van der Waals surface area contributed by atoms with Crippen molar-refractivity contribution in [2.45, 2.75) is 102 Å². The topological polar surface area (TPSA) is 129 Å². The summed E-state index contributed by atoms with van der Waals surface area (Å²) in [6.07, 6.45) is 3.41. The molecule has 3 aliphatic heterocycles. The van der Waals surface area contributed by atoms with Gasteiger partial charge in [0.2, 0.25) is 5.95 Å². The Labute approximate surface area is 325 Å². The van der Waals surface area contributed by atoms with Gasteiger partial charge in [0.25, 0.3) is 0 Å². The summed E-state index contributed by atoms with van der Waals surface area (Å²) in [6.45, 7) is 22.1. The molecule has 0 unspecified atom stereocenters. The number of sulfone groups is 1. The SMILES string of the molecule is Cc1cc(Nc2ncc(Cl)c(Nc3ccccc3S(=O)(=O)C(C)C)n2)c(OC(C)C)cc1C1CCN(C2CN(CC3CN(C(=O)OC(C)(C)C)C3)C2)CC1. The number of aryl methyl sites for hydroxylation is 1. The zero-order chi connectivity index (χ0) is 38.9. The van der Waals surface area contributed by atoms with E-state index in [2.05, 4.69) is 49.5 Å². The quantitative estimate of drug-likeness (QED) is 0.188. The Bertz CT molecular complexity index is 1920. The molecule has 3 aromatic rings. The van der Waals surface area contributed by atoms with E-state index in [1.54, 1.807) is 38.1 Å². The van der Waals surface area contributed by atoms with Crippen LogP contribution in [0.25, 0.3) is 0 Å². The number of carbonyl (C=O) groups is 1. The average Bonchev–Trinajstić information content (AvgIpc) is 3.05. The largest absolute Gasteiger partial charge is 0.489 e. The molecular weight excluding hydrogens is 726 g/mol. The fourth-order valence-electron chi connectivity index (χ4n) is 7.45. The summed E-state index contributed by atoms with van der Waals surface area (Å²) in [5, 5.41) is 6.14. The average molecular weight is 782 g/mol. The van der Waals surface area contributed by atoms with Crippen molar-refractivity contribution in [2.24, 2.45) is 5.92 Å². The highest BCUT2D eigenvalue weighted by Crippen LogP contribution is 2.39. The number of likely N-dealkylation sites (tertiary alicyclic amines) is 3. The Kier molecular flexibility index (Phi) is 12.0. The lowest BCUT2D eigenvalue weighted by atomic mass is 9.85. The number of halogens is 1. The molecule has 54 heavy (non-hydrogen) atoms. The molecule has 2 aromatic carbocycles. The zero-order valence-electron chi connectivity index (χ0n) is 32.9. The third kappa shape index (κ3) is 9.41. The molecular formula is C40H56ClN7O5S. The van der Waals surface area contributed by atoms with Gasteiger partial charge in [-0.25, -0.2) is 18.2 Å². The number of aromatic nitrogens is 2. The fraction of sp³-hybridized carbons (Fsp3) is 0.575. The number of nitrogens with one attached hydrogen (secondary N) is 2. The van der Waals surface area contributed by atoms with Crippen LogP contribution in [0.3, 0.4) is 0 Å². The maximum atomic E-state index is 13.1. The molecule has 12 nitrogen and oxygen atoms in total. The second-order valence-electron chi connectivity index (χ2n) is 16.5. The Hall–Kier alpha value is -3.65. The van der Waals surface area contributed by atoms with Crippen LogP contribution in [0.4, 0.5) is 27.9 Å². The molecule has 294 valence electrons. The van der Waals surface area contributed by atoms with E-state index in [9.17, 15) is 13.2 Å². The first-order chi connectivity index (χ1) is 25.5. The highest BCUT2D eigenvalue weighted by molar-refractivity contribution is 7.92. The standard InChI is InChI=1S/C40H56ClN7O5S/c1-25(2)52-35-18-31(29-13-15-47(16-14-29)30-23-46(24-30)20-28-21-48(22-28)39(49)53-40(6,7)8)27(5)17-34(35)44-38-42-19-32(41)37(45-38)43-33-11-9-10-12-36(33)54(50,51)26(3)4/h9-12,17-19,25-26,28-30H,13-16,20-24H2,1-8H3,(H2,42,43,44,45). The van der Waals surface area contributed by atoms with Crippen molar-refractivity contribution < 1.29 is 22.7 Å². The van der Waals surface area contributed by atoms with Crippen LogP contribution in [0.1, 0.15) is 78.4 Å². The summed E-state index contributed by atoms with van der Waals surface area (Å²) in [6, 6.07) is 11.6. The summed E-state index contributed by atoms with van der Waals surface area (Å²) in [4.78, 5) is 28.5. The summed E-state index contributed by atoms with van der Waals surface area (Å²) < 4.78 is 38.0.